The molecule has 0 spiro atoms. The van der Waals surface area contributed by atoms with E-state index < -0.39 is 0 Å². The van der Waals surface area contributed by atoms with Crippen LogP contribution in [0, 0.1) is 0 Å². The molecule has 4 N–H and O–H groups in total. The maximum Gasteiger partial charge on any atom is 0.154 e. The Kier molecular flexibility index (Phi) is 5.33. The average molecular weight is 366 g/mol. The standard InChI is InChI=1S/C20H26N6O/c21-13-15-4-6-16(7-5-15)17-14-23-19-9-8-18(24-26(17)19)22-10-2-12-25-11-1-3-20(25)27/h4-9,14,20,27H,1-3,10-13,21H2,(H,22,24). The molecule has 4 rings (SSSR count). The summed E-state index contributed by atoms with van der Waals surface area (Å²) in [5.74, 6) is 0.822. The predicted octanol–water partition coefficient (Wildman–Crippen LogP) is 2.07. The molecule has 0 aliphatic carbocycles. The largest absolute Gasteiger partial charge is 0.378 e. The smallest absolute Gasteiger partial charge is 0.154 e. The first-order chi connectivity index (χ1) is 13.2. The van der Waals surface area contributed by atoms with E-state index in [-0.39, 0.29) is 6.23 Å². The average Bonchev–Trinajstić information content (AvgIpc) is 3.31. The van der Waals surface area contributed by atoms with Crippen LogP contribution in [-0.2, 0) is 6.54 Å². The fourth-order valence-corrected chi connectivity index (χ4v) is 3.54. The second-order valence-corrected chi connectivity index (χ2v) is 6.97. The van der Waals surface area contributed by atoms with Gasteiger partial charge in [0.1, 0.15) is 12.0 Å². The molecule has 2 aromatic heterocycles. The predicted molar refractivity (Wildman–Crippen MR) is 106 cm³/mol. The van der Waals surface area contributed by atoms with E-state index in [1.165, 1.54) is 0 Å². The molecule has 3 aromatic rings. The number of nitrogens with zero attached hydrogens (tertiary/aromatic N) is 4. The van der Waals surface area contributed by atoms with Crippen LogP contribution in [0.1, 0.15) is 24.8 Å². The third-order valence-electron chi connectivity index (χ3n) is 5.11. The van der Waals surface area contributed by atoms with Crippen LogP contribution < -0.4 is 11.1 Å². The summed E-state index contributed by atoms with van der Waals surface area (Å²) in [4.78, 5) is 6.59. The molecule has 0 bridgehead atoms. The van der Waals surface area contributed by atoms with Gasteiger partial charge in [0.2, 0.25) is 0 Å². The summed E-state index contributed by atoms with van der Waals surface area (Å²) in [5.41, 5.74) is 9.62. The van der Waals surface area contributed by atoms with Crippen molar-refractivity contribution in [2.24, 2.45) is 5.73 Å². The summed E-state index contributed by atoms with van der Waals surface area (Å²) in [6.07, 6.45) is 4.52. The third-order valence-corrected chi connectivity index (χ3v) is 5.11. The number of aliphatic hydroxyl groups excluding tert-OH is 1. The minimum atomic E-state index is -0.265. The first kappa shape index (κ1) is 17.9. The van der Waals surface area contributed by atoms with Crippen LogP contribution in [0.2, 0.25) is 0 Å². The molecule has 1 atom stereocenters. The van der Waals surface area contributed by atoms with E-state index in [1.54, 1.807) is 0 Å². The molecule has 142 valence electrons. The maximum absolute atomic E-state index is 9.85. The Morgan fingerprint density at radius 3 is 2.78 bits per heavy atom. The van der Waals surface area contributed by atoms with Crippen molar-refractivity contribution in [3.8, 4) is 11.3 Å². The first-order valence-corrected chi connectivity index (χ1v) is 9.55. The van der Waals surface area contributed by atoms with Gasteiger partial charge in [-0.05, 0) is 37.0 Å². The summed E-state index contributed by atoms with van der Waals surface area (Å²) in [7, 11) is 0. The lowest BCUT2D eigenvalue weighted by atomic mass is 10.1. The summed E-state index contributed by atoms with van der Waals surface area (Å²) >= 11 is 0. The Bertz CT molecular complexity index is 891. The summed E-state index contributed by atoms with van der Waals surface area (Å²) in [6.45, 7) is 3.25. The number of benzene rings is 1. The zero-order valence-electron chi connectivity index (χ0n) is 15.4. The monoisotopic (exact) mass is 366 g/mol. The zero-order valence-corrected chi connectivity index (χ0v) is 15.4. The van der Waals surface area contributed by atoms with Crippen LogP contribution in [0.15, 0.2) is 42.6 Å². The van der Waals surface area contributed by atoms with Gasteiger partial charge in [-0.15, -0.1) is 5.10 Å². The molecule has 1 unspecified atom stereocenters. The number of hydrogen-bond acceptors (Lipinski definition) is 6. The Balaban J connectivity index is 1.43. The second kappa shape index (κ2) is 8.04. The number of aromatic nitrogens is 3. The van der Waals surface area contributed by atoms with Crippen molar-refractivity contribution >= 4 is 11.5 Å². The van der Waals surface area contributed by atoms with Crippen LogP contribution in [-0.4, -0.2) is 50.5 Å². The van der Waals surface area contributed by atoms with E-state index in [9.17, 15) is 5.11 Å². The molecule has 1 aliphatic heterocycles. The van der Waals surface area contributed by atoms with Gasteiger partial charge >= 0.3 is 0 Å². The van der Waals surface area contributed by atoms with Crippen molar-refractivity contribution in [1.82, 2.24) is 19.5 Å². The second-order valence-electron chi connectivity index (χ2n) is 6.97. The number of imidazole rings is 1. The van der Waals surface area contributed by atoms with E-state index >= 15 is 0 Å². The van der Waals surface area contributed by atoms with Gasteiger partial charge in [0.25, 0.3) is 0 Å². The number of hydrogen-bond donors (Lipinski definition) is 3. The van der Waals surface area contributed by atoms with Crippen molar-refractivity contribution < 1.29 is 5.11 Å². The molecule has 0 radical (unpaired) electrons. The highest BCUT2D eigenvalue weighted by Gasteiger charge is 2.20. The van der Waals surface area contributed by atoms with Gasteiger partial charge < -0.3 is 16.2 Å². The lowest BCUT2D eigenvalue weighted by Gasteiger charge is -2.19. The summed E-state index contributed by atoms with van der Waals surface area (Å²) in [5, 5.41) is 17.9. The highest BCUT2D eigenvalue weighted by Crippen LogP contribution is 2.21. The van der Waals surface area contributed by atoms with Gasteiger partial charge in [0.15, 0.2) is 5.65 Å². The lowest BCUT2D eigenvalue weighted by Crippen LogP contribution is -2.30. The van der Waals surface area contributed by atoms with E-state index in [1.807, 2.05) is 35.0 Å². The number of fused-ring (bicyclic) bond motifs is 1. The molecule has 1 saturated heterocycles. The highest BCUT2D eigenvalue weighted by molar-refractivity contribution is 5.63. The number of nitrogens with one attached hydrogen (secondary N) is 1. The number of likely N-dealkylation sites (tertiary alicyclic amines) is 1. The number of nitrogens with two attached hydrogens (primary N) is 1. The van der Waals surface area contributed by atoms with Gasteiger partial charge in [-0.1, -0.05) is 24.3 Å². The van der Waals surface area contributed by atoms with Crippen molar-refractivity contribution in [3.63, 3.8) is 0 Å². The van der Waals surface area contributed by atoms with E-state index in [4.69, 9.17) is 10.8 Å². The summed E-state index contributed by atoms with van der Waals surface area (Å²) < 4.78 is 1.87. The van der Waals surface area contributed by atoms with Crippen molar-refractivity contribution in [2.45, 2.75) is 32.0 Å². The topological polar surface area (TPSA) is 91.7 Å². The molecule has 1 aromatic carbocycles. The Morgan fingerprint density at radius 1 is 1.19 bits per heavy atom. The first-order valence-electron chi connectivity index (χ1n) is 9.55. The molecule has 3 heterocycles. The fourth-order valence-electron chi connectivity index (χ4n) is 3.54. The van der Waals surface area contributed by atoms with Gasteiger partial charge in [-0.2, -0.15) is 0 Å². The molecular weight excluding hydrogens is 340 g/mol. The normalized spacial score (nSPS) is 17.6. The van der Waals surface area contributed by atoms with Crippen molar-refractivity contribution in [3.05, 3.63) is 48.2 Å². The zero-order chi connectivity index (χ0) is 18.6. The van der Waals surface area contributed by atoms with Crippen molar-refractivity contribution in [2.75, 3.05) is 25.0 Å². The highest BCUT2D eigenvalue weighted by atomic mass is 16.3. The van der Waals surface area contributed by atoms with Gasteiger partial charge in [0.05, 0.1) is 11.9 Å². The lowest BCUT2D eigenvalue weighted by molar-refractivity contribution is 0.0382. The van der Waals surface area contributed by atoms with E-state index in [0.29, 0.717) is 6.54 Å². The van der Waals surface area contributed by atoms with E-state index in [2.05, 4.69) is 27.3 Å². The quantitative estimate of drug-likeness (QED) is 0.555. The van der Waals surface area contributed by atoms with E-state index in [0.717, 1.165) is 67.2 Å². The SMILES string of the molecule is NCc1ccc(-c2cnc3ccc(NCCCN4CCCC4O)nn23)cc1. The van der Waals surface area contributed by atoms with Gasteiger partial charge in [0, 0.05) is 31.7 Å². The Labute approximate surface area is 158 Å². The van der Waals surface area contributed by atoms with Gasteiger partial charge in [-0.25, -0.2) is 9.50 Å². The van der Waals surface area contributed by atoms with Gasteiger partial charge in [-0.3, -0.25) is 4.90 Å². The van der Waals surface area contributed by atoms with Crippen LogP contribution >= 0.6 is 0 Å². The third kappa shape index (κ3) is 3.95. The Hall–Kier alpha value is -2.48. The maximum atomic E-state index is 9.85. The van der Waals surface area contributed by atoms with Crippen LogP contribution in [0.5, 0.6) is 0 Å². The minimum absolute atomic E-state index is 0.265. The molecule has 7 heteroatoms. The number of aliphatic hydroxyl groups is 1. The number of anilines is 1. The molecule has 0 saturated carbocycles. The fraction of sp³-hybridized carbons (Fsp3) is 0.400. The minimum Gasteiger partial charge on any atom is -0.378 e. The number of rotatable bonds is 7. The Morgan fingerprint density at radius 2 is 2.04 bits per heavy atom. The van der Waals surface area contributed by atoms with Crippen molar-refractivity contribution in [1.29, 1.82) is 0 Å². The van der Waals surface area contributed by atoms with Crippen LogP contribution in [0.25, 0.3) is 16.9 Å². The molecular formula is C20H26N6O. The molecule has 27 heavy (non-hydrogen) atoms. The van der Waals surface area contributed by atoms with Crippen LogP contribution in [0.4, 0.5) is 5.82 Å². The molecule has 1 aliphatic rings. The molecule has 7 nitrogen and oxygen atoms in total. The summed E-state index contributed by atoms with van der Waals surface area (Å²) in [6, 6.07) is 12.1. The molecule has 1 fully saturated rings. The molecule has 0 amide bonds. The van der Waals surface area contributed by atoms with Crippen LogP contribution in [0.3, 0.4) is 0 Å².